The van der Waals surface area contributed by atoms with Crippen molar-refractivity contribution in [2.45, 2.75) is 32.1 Å². The maximum absolute atomic E-state index is 12.2. The molecule has 2 heterocycles. The molecule has 0 aliphatic heterocycles. The van der Waals surface area contributed by atoms with E-state index in [1.54, 1.807) is 11.3 Å². The van der Waals surface area contributed by atoms with E-state index in [4.69, 9.17) is 11.6 Å². The van der Waals surface area contributed by atoms with Gasteiger partial charge in [0.05, 0.1) is 17.3 Å². The lowest BCUT2D eigenvalue weighted by Gasteiger charge is -2.01. The topological polar surface area (TPSA) is 54.9 Å². The number of aromatic nitrogens is 2. The molecule has 0 fully saturated rings. The van der Waals surface area contributed by atoms with Crippen molar-refractivity contribution in [2.24, 2.45) is 0 Å². The quantitative estimate of drug-likeness (QED) is 0.860. The maximum Gasteiger partial charge on any atom is 0.266 e. The SMILES string of the molecule is O=C(Nc1cncc(Cl)n1)c1cc2c(s1)CCCCC2. The van der Waals surface area contributed by atoms with Gasteiger partial charge < -0.3 is 5.32 Å². The molecule has 4 nitrogen and oxygen atoms in total. The first-order valence-corrected chi connectivity index (χ1v) is 7.82. The summed E-state index contributed by atoms with van der Waals surface area (Å²) >= 11 is 7.34. The van der Waals surface area contributed by atoms with Crippen LogP contribution in [-0.2, 0) is 12.8 Å². The number of fused-ring (bicyclic) bond motifs is 1. The summed E-state index contributed by atoms with van der Waals surface area (Å²) in [4.78, 5) is 22.2. The molecule has 0 bridgehead atoms. The van der Waals surface area contributed by atoms with Gasteiger partial charge in [-0.3, -0.25) is 9.78 Å². The first kappa shape index (κ1) is 13.5. The first-order chi connectivity index (χ1) is 9.72. The Bertz CT molecular complexity index is 618. The van der Waals surface area contributed by atoms with Crippen molar-refractivity contribution in [3.8, 4) is 0 Å². The van der Waals surface area contributed by atoms with Crippen LogP contribution in [-0.4, -0.2) is 15.9 Å². The number of nitrogens with zero attached hydrogens (tertiary/aromatic N) is 2. The van der Waals surface area contributed by atoms with E-state index in [2.05, 4.69) is 15.3 Å². The third kappa shape index (κ3) is 2.99. The maximum atomic E-state index is 12.2. The molecule has 1 N–H and O–H groups in total. The fraction of sp³-hybridized carbons (Fsp3) is 0.357. The van der Waals surface area contributed by atoms with Gasteiger partial charge in [-0.25, -0.2) is 4.98 Å². The molecule has 1 aliphatic rings. The number of carbonyl (C=O) groups excluding carboxylic acids is 1. The van der Waals surface area contributed by atoms with Crippen molar-refractivity contribution in [1.29, 1.82) is 0 Å². The van der Waals surface area contributed by atoms with Crippen molar-refractivity contribution < 1.29 is 4.79 Å². The highest BCUT2D eigenvalue weighted by Gasteiger charge is 2.16. The zero-order valence-electron chi connectivity index (χ0n) is 10.9. The Morgan fingerprint density at radius 1 is 1.25 bits per heavy atom. The van der Waals surface area contributed by atoms with E-state index < -0.39 is 0 Å². The van der Waals surface area contributed by atoms with E-state index in [0.717, 1.165) is 17.7 Å². The number of carbonyl (C=O) groups is 1. The molecular formula is C14H14ClN3OS. The summed E-state index contributed by atoms with van der Waals surface area (Å²) in [5, 5.41) is 3.01. The fourth-order valence-corrected chi connectivity index (χ4v) is 3.66. The highest BCUT2D eigenvalue weighted by atomic mass is 35.5. The summed E-state index contributed by atoms with van der Waals surface area (Å²) in [6.07, 6.45) is 8.80. The number of rotatable bonds is 2. The molecule has 0 unspecified atom stereocenters. The summed E-state index contributed by atoms with van der Waals surface area (Å²) in [6.45, 7) is 0. The molecule has 0 spiro atoms. The van der Waals surface area contributed by atoms with E-state index in [1.165, 1.54) is 42.1 Å². The van der Waals surface area contributed by atoms with Gasteiger partial charge in [0, 0.05) is 4.88 Å². The van der Waals surface area contributed by atoms with Gasteiger partial charge in [0.1, 0.15) is 5.15 Å². The molecule has 6 heteroatoms. The molecule has 0 radical (unpaired) electrons. The van der Waals surface area contributed by atoms with Gasteiger partial charge in [-0.2, -0.15) is 0 Å². The Hall–Kier alpha value is -1.46. The molecule has 1 amide bonds. The van der Waals surface area contributed by atoms with Crippen LogP contribution < -0.4 is 5.32 Å². The minimum atomic E-state index is -0.139. The molecule has 104 valence electrons. The molecule has 0 aromatic carbocycles. The van der Waals surface area contributed by atoms with Crippen molar-refractivity contribution >= 4 is 34.7 Å². The summed E-state index contributed by atoms with van der Waals surface area (Å²) in [7, 11) is 0. The minimum Gasteiger partial charge on any atom is -0.305 e. The number of hydrogen-bond acceptors (Lipinski definition) is 4. The highest BCUT2D eigenvalue weighted by Crippen LogP contribution is 2.29. The Kier molecular flexibility index (Phi) is 3.98. The molecule has 0 atom stereocenters. The predicted molar refractivity (Wildman–Crippen MR) is 80.6 cm³/mol. The van der Waals surface area contributed by atoms with Gasteiger partial charge in [0.15, 0.2) is 5.82 Å². The van der Waals surface area contributed by atoms with Crippen LogP contribution in [0.2, 0.25) is 5.15 Å². The number of amides is 1. The van der Waals surface area contributed by atoms with Crippen LogP contribution in [0.1, 0.15) is 39.4 Å². The second kappa shape index (κ2) is 5.89. The average Bonchev–Trinajstić information content (AvgIpc) is 2.70. The number of anilines is 1. The van der Waals surface area contributed by atoms with Crippen LogP contribution in [0.15, 0.2) is 18.5 Å². The van der Waals surface area contributed by atoms with E-state index in [0.29, 0.717) is 5.82 Å². The van der Waals surface area contributed by atoms with Gasteiger partial charge in [-0.05, 0) is 37.3 Å². The number of thiophene rings is 1. The molecule has 20 heavy (non-hydrogen) atoms. The van der Waals surface area contributed by atoms with E-state index >= 15 is 0 Å². The summed E-state index contributed by atoms with van der Waals surface area (Å²) in [5.41, 5.74) is 1.33. The molecule has 0 saturated heterocycles. The molecule has 0 saturated carbocycles. The molecule has 1 aliphatic carbocycles. The molecule has 2 aromatic rings. The highest BCUT2D eigenvalue weighted by molar-refractivity contribution is 7.14. The van der Waals surface area contributed by atoms with Gasteiger partial charge in [0.2, 0.25) is 0 Å². The van der Waals surface area contributed by atoms with Crippen molar-refractivity contribution in [1.82, 2.24) is 9.97 Å². The number of halogens is 1. The molecule has 2 aromatic heterocycles. The van der Waals surface area contributed by atoms with E-state index in [1.807, 2.05) is 6.07 Å². The summed E-state index contributed by atoms with van der Waals surface area (Å²) < 4.78 is 0. The third-order valence-electron chi connectivity index (χ3n) is 3.32. The Morgan fingerprint density at radius 2 is 2.10 bits per heavy atom. The lowest BCUT2D eigenvalue weighted by atomic mass is 10.1. The van der Waals surface area contributed by atoms with E-state index in [9.17, 15) is 4.79 Å². The van der Waals surface area contributed by atoms with Crippen molar-refractivity contribution in [3.63, 3.8) is 0 Å². The normalized spacial score (nSPS) is 14.4. The monoisotopic (exact) mass is 307 g/mol. The van der Waals surface area contributed by atoms with Crippen molar-refractivity contribution in [3.05, 3.63) is 38.9 Å². The lowest BCUT2D eigenvalue weighted by molar-refractivity contribution is 0.103. The largest absolute Gasteiger partial charge is 0.305 e. The molecular weight excluding hydrogens is 294 g/mol. The third-order valence-corrected chi connectivity index (χ3v) is 4.74. The van der Waals surface area contributed by atoms with Crippen LogP contribution in [0.5, 0.6) is 0 Å². The second-order valence-electron chi connectivity index (χ2n) is 4.80. The summed E-state index contributed by atoms with van der Waals surface area (Å²) in [6, 6.07) is 2.01. The van der Waals surface area contributed by atoms with Crippen LogP contribution in [0, 0.1) is 0 Å². The van der Waals surface area contributed by atoms with Gasteiger partial charge in [0.25, 0.3) is 5.91 Å². The smallest absolute Gasteiger partial charge is 0.266 e. The second-order valence-corrected chi connectivity index (χ2v) is 6.32. The number of nitrogens with one attached hydrogen (secondary N) is 1. The minimum absolute atomic E-state index is 0.139. The van der Waals surface area contributed by atoms with Crippen LogP contribution in [0.3, 0.4) is 0 Å². The Labute approximate surface area is 126 Å². The zero-order valence-corrected chi connectivity index (χ0v) is 12.4. The number of aryl methyl sites for hydroxylation is 2. The van der Waals surface area contributed by atoms with Crippen LogP contribution in [0.25, 0.3) is 0 Å². The van der Waals surface area contributed by atoms with Crippen LogP contribution in [0.4, 0.5) is 5.82 Å². The summed E-state index contributed by atoms with van der Waals surface area (Å²) in [5.74, 6) is 0.241. The van der Waals surface area contributed by atoms with Crippen molar-refractivity contribution in [2.75, 3.05) is 5.32 Å². The lowest BCUT2D eigenvalue weighted by Crippen LogP contribution is -2.11. The van der Waals surface area contributed by atoms with E-state index in [-0.39, 0.29) is 11.1 Å². The van der Waals surface area contributed by atoms with Gasteiger partial charge in [-0.1, -0.05) is 18.0 Å². The number of hydrogen-bond donors (Lipinski definition) is 1. The average molecular weight is 308 g/mol. The zero-order chi connectivity index (χ0) is 13.9. The van der Waals surface area contributed by atoms with Crippen LogP contribution >= 0.6 is 22.9 Å². The molecule has 3 rings (SSSR count). The first-order valence-electron chi connectivity index (χ1n) is 6.63. The van der Waals surface area contributed by atoms with Gasteiger partial charge >= 0.3 is 0 Å². The fourth-order valence-electron chi connectivity index (χ4n) is 2.36. The predicted octanol–water partition coefficient (Wildman–Crippen LogP) is 3.71. The van der Waals surface area contributed by atoms with Gasteiger partial charge in [-0.15, -0.1) is 11.3 Å². The standard InChI is InChI=1S/C14H14ClN3OS/c15-12-7-16-8-13(17-12)18-14(19)11-6-9-4-2-1-3-5-10(9)20-11/h6-8H,1-5H2,(H,17,18,19). The Morgan fingerprint density at radius 3 is 2.95 bits per heavy atom. The Balaban J connectivity index is 1.77.